The Morgan fingerprint density at radius 3 is 2.57 bits per heavy atom. The maximum absolute atomic E-state index is 12.3. The van der Waals surface area contributed by atoms with E-state index in [1.165, 1.54) is 0 Å². The molecule has 2 aromatic heterocycles. The molecule has 0 saturated carbocycles. The lowest BCUT2D eigenvalue weighted by molar-refractivity contribution is 0.0683. The molecular weight excluding hydrogens is 386 g/mol. The Morgan fingerprint density at radius 2 is 1.77 bits per heavy atom. The number of carbonyl (C=O) groups excluding carboxylic acids is 1. The fourth-order valence-electron chi connectivity index (χ4n) is 3.76. The van der Waals surface area contributed by atoms with Crippen LogP contribution in [0.5, 0.6) is 0 Å². The van der Waals surface area contributed by atoms with Crippen LogP contribution in [0.25, 0.3) is 11.5 Å². The summed E-state index contributed by atoms with van der Waals surface area (Å²) in [5.74, 6) is 1.15. The van der Waals surface area contributed by atoms with Gasteiger partial charge in [0.1, 0.15) is 17.9 Å². The lowest BCUT2D eigenvalue weighted by Gasteiger charge is -2.18. The lowest BCUT2D eigenvalue weighted by atomic mass is 10.1. The number of ether oxygens (including phenoxy) is 2. The SMILES string of the molecule is O=C(Nc1ccccc1)N[C@H]1CO[C@H]2[C@@H]1OC[C@@H]2Nc1nccc(-c2ccco2)n1. The predicted molar refractivity (Wildman–Crippen MR) is 109 cm³/mol. The van der Waals surface area contributed by atoms with Gasteiger partial charge >= 0.3 is 6.03 Å². The number of nitrogens with zero attached hydrogens (tertiary/aromatic N) is 2. The van der Waals surface area contributed by atoms with Gasteiger partial charge in [0.25, 0.3) is 0 Å². The molecule has 30 heavy (non-hydrogen) atoms. The first kappa shape index (κ1) is 18.6. The molecule has 9 heteroatoms. The number of amides is 2. The number of nitrogens with one attached hydrogen (secondary N) is 3. The molecule has 4 heterocycles. The molecule has 5 rings (SSSR count). The number of hydrogen-bond donors (Lipinski definition) is 3. The Balaban J connectivity index is 1.20. The first-order valence-corrected chi connectivity index (χ1v) is 9.75. The van der Waals surface area contributed by atoms with E-state index in [0.29, 0.717) is 30.6 Å². The molecule has 2 fully saturated rings. The Bertz CT molecular complexity index is 998. The number of furan rings is 1. The van der Waals surface area contributed by atoms with Crippen LogP contribution in [0.1, 0.15) is 0 Å². The third kappa shape index (κ3) is 3.85. The first-order chi connectivity index (χ1) is 14.8. The number of benzene rings is 1. The van der Waals surface area contributed by atoms with Crippen LogP contribution in [0.4, 0.5) is 16.4 Å². The molecule has 0 unspecified atom stereocenters. The number of fused-ring (bicyclic) bond motifs is 1. The fourth-order valence-corrected chi connectivity index (χ4v) is 3.76. The normalized spacial score (nSPS) is 24.9. The van der Waals surface area contributed by atoms with E-state index in [0.717, 1.165) is 5.69 Å². The van der Waals surface area contributed by atoms with Crippen LogP contribution in [-0.4, -0.2) is 53.5 Å². The largest absolute Gasteiger partial charge is 0.463 e. The maximum atomic E-state index is 12.3. The molecule has 2 aliphatic heterocycles. The average Bonchev–Trinajstić information content (AvgIpc) is 3.50. The van der Waals surface area contributed by atoms with Crippen molar-refractivity contribution < 1.29 is 18.7 Å². The minimum absolute atomic E-state index is 0.120. The molecule has 3 N–H and O–H groups in total. The zero-order valence-electron chi connectivity index (χ0n) is 16.0. The van der Waals surface area contributed by atoms with Gasteiger partial charge in [-0.2, -0.15) is 0 Å². The van der Waals surface area contributed by atoms with E-state index in [2.05, 4.69) is 25.9 Å². The van der Waals surface area contributed by atoms with Crippen LogP contribution in [0.2, 0.25) is 0 Å². The maximum Gasteiger partial charge on any atom is 0.319 e. The van der Waals surface area contributed by atoms with E-state index in [-0.39, 0.29) is 30.3 Å². The smallest absolute Gasteiger partial charge is 0.319 e. The van der Waals surface area contributed by atoms with Gasteiger partial charge < -0.3 is 29.8 Å². The van der Waals surface area contributed by atoms with Gasteiger partial charge in [0, 0.05) is 11.9 Å². The van der Waals surface area contributed by atoms with E-state index < -0.39 is 0 Å². The van der Waals surface area contributed by atoms with Gasteiger partial charge in [-0.05, 0) is 30.3 Å². The van der Waals surface area contributed by atoms with Crippen LogP contribution in [0, 0.1) is 0 Å². The second kappa shape index (κ2) is 8.13. The van der Waals surface area contributed by atoms with Crippen molar-refractivity contribution in [3.63, 3.8) is 0 Å². The van der Waals surface area contributed by atoms with Crippen molar-refractivity contribution in [3.8, 4) is 11.5 Å². The molecule has 154 valence electrons. The predicted octanol–water partition coefficient (Wildman–Crippen LogP) is 2.51. The highest BCUT2D eigenvalue weighted by molar-refractivity contribution is 5.89. The molecule has 0 aliphatic carbocycles. The lowest BCUT2D eigenvalue weighted by Crippen LogP contribution is -2.46. The van der Waals surface area contributed by atoms with Gasteiger partial charge in [-0.1, -0.05) is 18.2 Å². The molecule has 2 amide bonds. The number of para-hydroxylation sites is 1. The monoisotopic (exact) mass is 407 g/mol. The van der Waals surface area contributed by atoms with Crippen LogP contribution in [0.3, 0.4) is 0 Å². The second-order valence-electron chi connectivity index (χ2n) is 7.16. The van der Waals surface area contributed by atoms with Crippen molar-refractivity contribution in [2.24, 2.45) is 0 Å². The highest BCUT2D eigenvalue weighted by Crippen LogP contribution is 2.29. The van der Waals surface area contributed by atoms with E-state index >= 15 is 0 Å². The van der Waals surface area contributed by atoms with Crippen molar-refractivity contribution in [1.82, 2.24) is 15.3 Å². The fraction of sp³-hybridized carbons (Fsp3) is 0.286. The van der Waals surface area contributed by atoms with Gasteiger partial charge in [-0.25, -0.2) is 14.8 Å². The summed E-state index contributed by atoms with van der Waals surface area (Å²) in [5.41, 5.74) is 1.42. The number of hydrogen-bond acceptors (Lipinski definition) is 7. The third-order valence-electron chi connectivity index (χ3n) is 5.15. The van der Waals surface area contributed by atoms with Crippen LogP contribution >= 0.6 is 0 Å². The zero-order valence-corrected chi connectivity index (χ0v) is 16.0. The molecule has 9 nitrogen and oxygen atoms in total. The number of rotatable bonds is 5. The molecule has 3 aromatic rings. The molecular formula is C21H21N5O4. The highest BCUT2D eigenvalue weighted by Gasteiger charge is 2.48. The molecule has 1 aromatic carbocycles. The van der Waals surface area contributed by atoms with Crippen LogP contribution < -0.4 is 16.0 Å². The molecule has 4 atom stereocenters. The summed E-state index contributed by atoms with van der Waals surface area (Å²) >= 11 is 0. The summed E-state index contributed by atoms with van der Waals surface area (Å²) in [4.78, 5) is 21.1. The second-order valence-corrected chi connectivity index (χ2v) is 7.16. The van der Waals surface area contributed by atoms with Crippen molar-refractivity contribution in [1.29, 1.82) is 0 Å². The number of urea groups is 1. The van der Waals surface area contributed by atoms with Gasteiger partial charge in [0.15, 0.2) is 5.76 Å². The summed E-state index contributed by atoms with van der Waals surface area (Å²) in [6, 6.07) is 14.1. The standard InChI is InChI=1S/C21H21N5O4/c27-21(23-13-5-2-1-3-6-13)26-16-12-30-18-15(11-29-19(16)18)25-20-22-9-8-14(24-20)17-7-4-10-28-17/h1-10,15-16,18-19H,11-12H2,(H,22,24,25)(H2,23,26,27)/t15-,16-,18+,19+/m0/s1. The molecule has 0 bridgehead atoms. The Labute approximate surface area is 172 Å². The van der Waals surface area contributed by atoms with Crippen LogP contribution in [-0.2, 0) is 9.47 Å². The molecule has 0 spiro atoms. The van der Waals surface area contributed by atoms with E-state index in [9.17, 15) is 4.79 Å². The topological polar surface area (TPSA) is 111 Å². The summed E-state index contributed by atoms with van der Waals surface area (Å²) in [5, 5.41) is 9.04. The summed E-state index contributed by atoms with van der Waals surface area (Å²) in [6.45, 7) is 0.811. The van der Waals surface area contributed by atoms with E-state index in [1.54, 1.807) is 18.5 Å². The summed E-state index contributed by atoms with van der Waals surface area (Å²) in [7, 11) is 0. The average molecular weight is 407 g/mol. The van der Waals surface area contributed by atoms with Crippen molar-refractivity contribution in [2.75, 3.05) is 23.8 Å². The van der Waals surface area contributed by atoms with Gasteiger partial charge in [-0.3, -0.25) is 0 Å². The van der Waals surface area contributed by atoms with E-state index in [1.807, 2.05) is 42.5 Å². The number of aromatic nitrogens is 2. The van der Waals surface area contributed by atoms with Gasteiger partial charge in [-0.15, -0.1) is 0 Å². The Hall–Kier alpha value is -3.43. The first-order valence-electron chi connectivity index (χ1n) is 9.75. The van der Waals surface area contributed by atoms with Gasteiger partial charge in [0.2, 0.25) is 5.95 Å². The summed E-state index contributed by atoms with van der Waals surface area (Å²) in [6.07, 6.45) is 2.84. The van der Waals surface area contributed by atoms with Crippen molar-refractivity contribution in [3.05, 3.63) is 61.0 Å². The molecule has 2 aliphatic rings. The Kier molecular flexibility index (Phi) is 5.04. The van der Waals surface area contributed by atoms with Crippen LogP contribution in [0.15, 0.2) is 65.4 Å². The molecule has 0 radical (unpaired) electrons. The zero-order chi connectivity index (χ0) is 20.3. The number of anilines is 2. The van der Waals surface area contributed by atoms with Crippen molar-refractivity contribution in [2.45, 2.75) is 24.3 Å². The van der Waals surface area contributed by atoms with E-state index in [4.69, 9.17) is 13.9 Å². The third-order valence-corrected chi connectivity index (χ3v) is 5.15. The number of carbonyl (C=O) groups is 1. The van der Waals surface area contributed by atoms with Gasteiger partial charge in [0.05, 0.1) is 31.6 Å². The minimum atomic E-state index is -0.287. The molecule has 2 saturated heterocycles. The highest BCUT2D eigenvalue weighted by atomic mass is 16.6. The Morgan fingerprint density at radius 1 is 0.967 bits per heavy atom. The minimum Gasteiger partial charge on any atom is -0.463 e. The van der Waals surface area contributed by atoms with Crippen molar-refractivity contribution >= 4 is 17.7 Å². The summed E-state index contributed by atoms with van der Waals surface area (Å²) < 4.78 is 17.2. The quantitative estimate of drug-likeness (QED) is 0.596.